The van der Waals surface area contributed by atoms with Crippen LogP contribution in [-0.4, -0.2) is 14.9 Å². The largest absolute Gasteiger partial charge is 0.392 e. The van der Waals surface area contributed by atoms with E-state index in [1.165, 1.54) is 0 Å². The third-order valence-corrected chi connectivity index (χ3v) is 3.32. The predicted octanol–water partition coefficient (Wildman–Crippen LogP) is 2.90. The van der Waals surface area contributed by atoms with Crippen LogP contribution in [0.1, 0.15) is 32.0 Å². The molecule has 0 amide bonds. The standard InChI is InChI=1S/C14H18ClN3O/c1-14(2,3)12-7-13(16)18(17-12)10-4-5-11(15)9(6-10)8-19/h4-7,19H,8,16H2,1-3H3. The topological polar surface area (TPSA) is 64.1 Å². The Morgan fingerprint density at radius 3 is 2.53 bits per heavy atom. The van der Waals surface area contributed by atoms with Crippen molar-refractivity contribution in [1.29, 1.82) is 0 Å². The van der Waals surface area contributed by atoms with Gasteiger partial charge >= 0.3 is 0 Å². The molecule has 0 saturated heterocycles. The number of aliphatic hydroxyl groups is 1. The van der Waals surface area contributed by atoms with Gasteiger partial charge < -0.3 is 10.8 Å². The molecule has 2 aromatic rings. The first-order valence-corrected chi connectivity index (χ1v) is 6.46. The second kappa shape index (κ2) is 4.87. The van der Waals surface area contributed by atoms with Crippen molar-refractivity contribution in [1.82, 2.24) is 9.78 Å². The fraction of sp³-hybridized carbons (Fsp3) is 0.357. The van der Waals surface area contributed by atoms with Crippen LogP contribution in [0, 0.1) is 0 Å². The van der Waals surface area contributed by atoms with E-state index in [9.17, 15) is 5.11 Å². The summed E-state index contributed by atoms with van der Waals surface area (Å²) in [6, 6.07) is 7.23. The van der Waals surface area contributed by atoms with Crippen LogP contribution in [0.3, 0.4) is 0 Å². The first kappa shape index (κ1) is 13.9. The molecule has 0 bridgehead atoms. The molecule has 5 heteroatoms. The van der Waals surface area contributed by atoms with Gasteiger partial charge in [0, 0.05) is 16.5 Å². The van der Waals surface area contributed by atoms with E-state index in [1.54, 1.807) is 16.8 Å². The molecule has 0 fully saturated rings. The number of anilines is 1. The number of rotatable bonds is 2. The van der Waals surface area contributed by atoms with E-state index in [-0.39, 0.29) is 12.0 Å². The van der Waals surface area contributed by atoms with Crippen LogP contribution in [0.15, 0.2) is 24.3 Å². The third kappa shape index (κ3) is 2.74. The number of benzene rings is 1. The van der Waals surface area contributed by atoms with E-state index in [1.807, 2.05) is 12.1 Å². The summed E-state index contributed by atoms with van der Waals surface area (Å²) >= 11 is 5.98. The van der Waals surface area contributed by atoms with Crippen molar-refractivity contribution in [2.45, 2.75) is 32.8 Å². The van der Waals surface area contributed by atoms with Gasteiger partial charge in [0.2, 0.25) is 0 Å². The van der Waals surface area contributed by atoms with Crippen LogP contribution in [0.5, 0.6) is 0 Å². The van der Waals surface area contributed by atoms with E-state index < -0.39 is 0 Å². The fourth-order valence-corrected chi connectivity index (χ4v) is 1.96. The van der Waals surface area contributed by atoms with Crippen LogP contribution in [0.2, 0.25) is 5.02 Å². The smallest absolute Gasteiger partial charge is 0.127 e. The van der Waals surface area contributed by atoms with Gasteiger partial charge in [0.1, 0.15) is 5.82 Å². The van der Waals surface area contributed by atoms with E-state index in [0.29, 0.717) is 16.4 Å². The Balaban J connectivity index is 2.50. The highest BCUT2D eigenvalue weighted by atomic mass is 35.5. The van der Waals surface area contributed by atoms with Gasteiger partial charge in [-0.25, -0.2) is 4.68 Å². The van der Waals surface area contributed by atoms with Crippen LogP contribution in [-0.2, 0) is 12.0 Å². The summed E-state index contributed by atoms with van der Waals surface area (Å²) < 4.78 is 1.66. The summed E-state index contributed by atoms with van der Waals surface area (Å²) in [7, 11) is 0. The zero-order valence-electron chi connectivity index (χ0n) is 11.3. The normalized spacial score (nSPS) is 11.8. The molecular weight excluding hydrogens is 262 g/mol. The number of aliphatic hydroxyl groups excluding tert-OH is 1. The minimum Gasteiger partial charge on any atom is -0.392 e. The molecule has 1 aromatic carbocycles. The number of halogens is 1. The first-order valence-electron chi connectivity index (χ1n) is 6.08. The predicted molar refractivity (Wildman–Crippen MR) is 77.6 cm³/mol. The quantitative estimate of drug-likeness (QED) is 0.888. The molecular formula is C14H18ClN3O. The number of hydrogen-bond acceptors (Lipinski definition) is 3. The minimum atomic E-state index is -0.111. The van der Waals surface area contributed by atoms with Crippen molar-refractivity contribution in [2.24, 2.45) is 0 Å². The third-order valence-electron chi connectivity index (χ3n) is 2.95. The van der Waals surface area contributed by atoms with Crippen molar-refractivity contribution >= 4 is 17.4 Å². The molecule has 19 heavy (non-hydrogen) atoms. The molecule has 3 N–H and O–H groups in total. The van der Waals surface area contributed by atoms with E-state index in [0.717, 1.165) is 11.4 Å². The molecule has 0 unspecified atom stereocenters. The average Bonchev–Trinajstić information content (AvgIpc) is 2.72. The highest BCUT2D eigenvalue weighted by molar-refractivity contribution is 6.31. The van der Waals surface area contributed by atoms with Crippen molar-refractivity contribution in [2.75, 3.05) is 5.73 Å². The van der Waals surface area contributed by atoms with E-state index >= 15 is 0 Å². The molecule has 0 radical (unpaired) electrons. The van der Waals surface area contributed by atoms with Gasteiger partial charge in [-0.2, -0.15) is 5.10 Å². The van der Waals surface area contributed by atoms with Crippen LogP contribution in [0.4, 0.5) is 5.82 Å². The summed E-state index contributed by atoms with van der Waals surface area (Å²) in [4.78, 5) is 0. The van der Waals surface area contributed by atoms with Crippen molar-refractivity contribution < 1.29 is 5.11 Å². The number of nitrogens with zero attached hydrogens (tertiary/aromatic N) is 2. The Morgan fingerprint density at radius 1 is 1.32 bits per heavy atom. The highest BCUT2D eigenvalue weighted by Gasteiger charge is 2.19. The molecule has 0 aliphatic rings. The lowest BCUT2D eigenvalue weighted by Crippen LogP contribution is -2.12. The zero-order valence-corrected chi connectivity index (χ0v) is 12.1. The number of hydrogen-bond donors (Lipinski definition) is 2. The summed E-state index contributed by atoms with van der Waals surface area (Å²) in [5.74, 6) is 0.566. The van der Waals surface area contributed by atoms with Crippen molar-refractivity contribution in [3.05, 3.63) is 40.5 Å². The molecule has 2 rings (SSSR count). The molecule has 4 nitrogen and oxygen atoms in total. The lowest BCUT2D eigenvalue weighted by molar-refractivity contribution is 0.282. The second-order valence-electron chi connectivity index (χ2n) is 5.55. The minimum absolute atomic E-state index is 0.0639. The van der Waals surface area contributed by atoms with Gasteiger partial charge in [-0.05, 0) is 23.8 Å². The Labute approximate surface area is 117 Å². The SMILES string of the molecule is CC(C)(C)c1cc(N)n(-c2ccc(Cl)c(CO)c2)n1. The van der Waals surface area contributed by atoms with E-state index in [2.05, 4.69) is 25.9 Å². The summed E-state index contributed by atoms with van der Waals surface area (Å²) in [5, 5.41) is 14.3. The Morgan fingerprint density at radius 2 is 2.00 bits per heavy atom. The van der Waals surface area contributed by atoms with Crippen molar-refractivity contribution in [3.8, 4) is 5.69 Å². The monoisotopic (exact) mass is 279 g/mol. The molecule has 1 aromatic heterocycles. The molecule has 0 spiro atoms. The van der Waals surface area contributed by atoms with Gasteiger partial charge in [-0.3, -0.25) is 0 Å². The van der Waals surface area contributed by atoms with Crippen LogP contribution in [0.25, 0.3) is 5.69 Å². The summed E-state index contributed by atoms with van der Waals surface area (Å²) in [6.07, 6.45) is 0. The van der Waals surface area contributed by atoms with E-state index in [4.69, 9.17) is 17.3 Å². The highest BCUT2D eigenvalue weighted by Crippen LogP contribution is 2.26. The number of nitrogens with two attached hydrogens (primary N) is 1. The lowest BCUT2D eigenvalue weighted by atomic mass is 9.92. The molecule has 102 valence electrons. The van der Waals surface area contributed by atoms with Crippen LogP contribution >= 0.6 is 11.6 Å². The summed E-state index contributed by atoms with van der Waals surface area (Å²) in [6.45, 7) is 6.14. The van der Waals surface area contributed by atoms with Crippen molar-refractivity contribution in [3.63, 3.8) is 0 Å². The molecule has 0 atom stereocenters. The first-order chi connectivity index (χ1) is 8.82. The van der Waals surface area contributed by atoms with Gasteiger partial charge in [0.05, 0.1) is 18.0 Å². The maximum atomic E-state index is 9.25. The molecule has 0 aliphatic heterocycles. The molecule has 1 heterocycles. The van der Waals surface area contributed by atoms with Gasteiger partial charge in [-0.1, -0.05) is 32.4 Å². The van der Waals surface area contributed by atoms with Gasteiger partial charge in [0.15, 0.2) is 0 Å². The molecule has 0 saturated carbocycles. The molecule has 0 aliphatic carbocycles. The Hall–Kier alpha value is -1.52. The summed E-state index contributed by atoms with van der Waals surface area (Å²) in [5.41, 5.74) is 8.31. The van der Waals surface area contributed by atoms with Crippen LogP contribution < -0.4 is 5.73 Å². The number of nitrogen functional groups attached to an aromatic ring is 1. The lowest BCUT2D eigenvalue weighted by Gasteiger charge is -2.14. The number of aromatic nitrogens is 2. The second-order valence-corrected chi connectivity index (χ2v) is 5.96. The van der Waals surface area contributed by atoms with Gasteiger partial charge in [0.25, 0.3) is 0 Å². The maximum absolute atomic E-state index is 9.25. The van der Waals surface area contributed by atoms with Gasteiger partial charge in [-0.15, -0.1) is 0 Å². The Bertz CT molecular complexity index is 599. The average molecular weight is 280 g/mol. The zero-order chi connectivity index (χ0) is 14.2. The maximum Gasteiger partial charge on any atom is 0.127 e. The Kier molecular flexibility index (Phi) is 3.56. The fourth-order valence-electron chi connectivity index (χ4n) is 1.78.